The first-order valence-electron chi connectivity index (χ1n) is 12.3. The van der Waals surface area contributed by atoms with Gasteiger partial charge in [-0.15, -0.1) is 0 Å². The molecule has 1 aliphatic heterocycles. The maximum Gasteiger partial charge on any atom is 0.0948 e. The number of hydrogen-bond donors (Lipinski definition) is 1. The molecule has 3 rings (SSSR count). The van der Waals surface area contributed by atoms with E-state index < -0.39 is 0 Å². The van der Waals surface area contributed by atoms with Crippen molar-refractivity contribution < 1.29 is 0 Å². The van der Waals surface area contributed by atoms with Crippen molar-refractivity contribution in [2.75, 3.05) is 6.54 Å². The minimum Gasteiger partial charge on any atom is -0.366 e. The lowest BCUT2D eigenvalue weighted by Gasteiger charge is -2.44. The molecule has 1 saturated heterocycles. The summed E-state index contributed by atoms with van der Waals surface area (Å²) in [5.74, 6) is 3.19. The van der Waals surface area contributed by atoms with Gasteiger partial charge >= 0.3 is 0 Å². The summed E-state index contributed by atoms with van der Waals surface area (Å²) >= 11 is 0. The predicted octanol–water partition coefficient (Wildman–Crippen LogP) is 6.16. The molecular formula is C27H47N3. The lowest BCUT2D eigenvalue weighted by Crippen LogP contribution is -2.50. The molecule has 0 bridgehead atoms. The van der Waals surface area contributed by atoms with Crippen LogP contribution in [-0.2, 0) is 0 Å². The smallest absolute Gasteiger partial charge is 0.0948 e. The van der Waals surface area contributed by atoms with E-state index in [1.165, 1.54) is 43.4 Å². The van der Waals surface area contributed by atoms with Gasteiger partial charge in [0.1, 0.15) is 0 Å². The van der Waals surface area contributed by atoms with Crippen LogP contribution in [0.1, 0.15) is 80.6 Å². The van der Waals surface area contributed by atoms with Crippen LogP contribution >= 0.6 is 0 Å². The zero-order chi connectivity index (χ0) is 22.4. The Hall–Kier alpha value is -1.38. The third-order valence-electron chi connectivity index (χ3n) is 8.31. The highest BCUT2D eigenvalue weighted by Crippen LogP contribution is 2.66. The molecule has 1 N–H and O–H groups in total. The van der Waals surface area contributed by atoms with Crippen LogP contribution in [0.15, 0.2) is 36.8 Å². The second-order valence-corrected chi connectivity index (χ2v) is 11.5. The van der Waals surface area contributed by atoms with Gasteiger partial charge in [0.2, 0.25) is 0 Å². The third-order valence-corrected chi connectivity index (χ3v) is 8.31. The molecule has 0 amide bonds. The molecule has 4 unspecified atom stereocenters. The predicted molar refractivity (Wildman–Crippen MR) is 130 cm³/mol. The van der Waals surface area contributed by atoms with Gasteiger partial charge in [0, 0.05) is 24.3 Å². The number of nitrogens with zero attached hydrogens (tertiary/aromatic N) is 2. The fourth-order valence-electron chi connectivity index (χ4n) is 6.74. The monoisotopic (exact) mass is 413 g/mol. The van der Waals surface area contributed by atoms with Crippen molar-refractivity contribution in [1.29, 1.82) is 0 Å². The number of rotatable bonds is 9. The summed E-state index contributed by atoms with van der Waals surface area (Å²) in [4.78, 5) is 5.02. The van der Waals surface area contributed by atoms with Crippen LogP contribution in [0, 0.1) is 23.2 Å². The van der Waals surface area contributed by atoms with Crippen LogP contribution in [0.4, 0.5) is 0 Å². The number of nitrogens with one attached hydrogen (secondary N) is 1. The zero-order valence-corrected chi connectivity index (χ0v) is 20.8. The Morgan fingerprint density at radius 2 is 1.57 bits per heavy atom. The van der Waals surface area contributed by atoms with Crippen LogP contribution in [0.25, 0.3) is 0 Å². The van der Waals surface area contributed by atoms with E-state index in [1.807, 2.05) is 0 Å². The number of piperidine rings is 1. The van der Waals surface area contributed by atoms with E-state index in [9.17, 15) is 0 Å². The largest absolute Gasteiger partial charge is 0.366 e. The molecule has 1 heterocycles. The molecule has 30 heavy (non-hydrogen) atoms. The Morgan fingerprint density at radius 3 is 2.07 bits per heavy atom. The maximum absolute atomic E-state index is 4.71. The fourth-order valence-corrected chi connectivity index (χ4v) is 6.74. The summed E-state index contributed by atoms with van der Waals surface area (Å²) in [6, 6.07) is 1.55. The summed E-state index contributed by atoms with van der Waals surface area (Å²) < 4.78 is 0. The molecule has 3 heteroatoms. The van der Waals surface area contributed by atoms with Crippen LogP contribution in [0.5, 0.6) is 0 Å². The van der Waals surface area contributed by atoms with E-state index in [0.29, 0.717) is 29.5 Å². The lowest BCUT2D eigenvalue weighted by atomic mass is 9.82. The molecule has 2 aliphatic carbocycles. The fraction of sp³-hybridized carbons (Fsp3) is 0.778. The average Bonchev–Trinajstić information content (AvgIpc) is 3.02. The second kappa shape index (κ2) is 8.63. The van der Waals surface area contributed by atoms with E-state index >= 15 is 0 Å². The van der Waals surface area contributed by atoms with Gasteiger partial charge in [0.25, 0.3) is 0 Å². The van der Waals surface area contributed by atoms with Crippen molar-refractivity contribution in [3.63, 3.8) is 0 Å². The van der Waals surface area contributed by atoms with Crippen molar-refractivity contribution in [2.45, 2.75) is 105 Å². The Kier molecular flexibility index (Phi) is 6.70. The molecule has 2 saturated carbocycles. The highest BCUT2D eigenvalue weighted by Gasteiger charge is 2.67. The standard InChI is InChI=1S/C27H47N3/c1-17(2)26-24-23(27(24,9)10)16-29(26)20(7)25(22-14-12-11-13-15-22)28-21(8)30(18(3)4)19(5)6/h18-19,22-26,28H,1,7-8,11-16H2,2-6,9-10H3. The van der Waals surface area contributed by atoms with E-state index in [2.05, 4.69) is 76.7 Å². The van der Waals surface area contributed by atoms with Crippen molar-refractivity contribution >= 4 is 0 Å². The topological polar surface area (TPSA) is 18.5 Å². The molecule has 0 aromatic carbocycles. The van der Waals surface area contributed by atoms with E-state index in [0.717, 1.165) is 24.2 Å². The van der Waals surface area contributed by atoms with Crippen molar-refractivity contribution in [3.8, 4) is 0 Å². The number of hydrogen-bond acceptors (Lipinski definition) is 3. The first-order valence-corrected chi connectivity index (χ1v) is 12.3. The Labute approximate surface area is 186 Å². The second-order valence-electron chi connectivity index (χ2n) is 11.5. The molecule has 0 spiro atoms. The molecule has 3 aliphatic rings. The third kappa shape index (κ3) is 4.18. The van der Waals surface area contributed by atoms with Gasteiger partial charge < -0.3 is 15.1 Å². The number of likely N-dealkylation sites (tertiary alicyclic amines) is 1. The molecule has 0 radical (unpaired) electrons. The molecule has 4 atom stereocenters. The van der Waals surface area contributed by atoms with Gasteiger partial charge in [-0.25, -0.2) is 0 Å². The minimum absolute atomic E-state index is 0.264. The normalized spacial score (nSPS) is 29.0. The van der Waals surface area contributed by atoms with Gasteiger partial charge in [0.05, 0.1) is 17.9 Å². The molecule has 170 valence electrons. The summed E-state index contributed by atoms with van der Waals surface area (Å²) in [5, 5.41) is 3.90. The first kappa shape index (κ1) is 23.3. The molecular weight excluding hydrogens is 366 g/mol. The highest BCUT2D eigenvalue weighted by molar-refractivity contribution is 5.29. The Morgan fingerprint density at radius 1 is 1.00 bits per heavy atom. The van der Waals surface area contributed by atoms with E-state index in [1.54, 1.807) is 0 Å². The van der Waals surface area contributed by atoms with Gasteiger partial charge in [0.15, 0.2) is 0 Å². The maximum atomic E-state index is 4.71. The van der Waals surface area contributed by atoms with E-state index in [4.69, 9.17) is 6.58 Å². The highest BCUT2D eigenvalue weighted by atomic mass is 15.3. The summed E-state index contributed by atoms with van der Waals surface area (Å²) in [5.41, 5.74) is 3.01. The van der Waals surface area contributed by atoms with Gasteiger partial charge in [-0.3, -0.25) is 0 Å². The Bertz CT molecular complexity index is 660. The molecule has 3 nitrogen and oxygen atoms in total. The van der Waals surface area contributed by atoms with Crippen LogP contribution in [0.3, 0.4) is 0 Å². The average molecular weight is 414 g/mol. The van der Waals surface area contributed by atoms with E-state index in [-0.39, 0.29) is 6.04 Å². The van der Waals surface area contributed by atoms with Gasteiger partial charge in [-0.1, -0.05) is 58.4 Å². The van der Waals surface area contributed by atoms with Crippen molar-refractivity contribution in [1.82, 2.24) is 15.1 Å². The Balaban J connectivity index is 1.83. The van der Waals surface area contributed by atoms with Crippen molar-refractivity contribution in [3.05, 3.63) is 36.8 Å². The quantitative estimate of drug-likeness (QED) is 0.457. The minimum atomic E-state index is 0.264. The van der Waals surface area contributed by atoms with Crippen LogP contribution < -0.4 is 5.32 Å². The first-order chi connectivity index (χ1) is 14.0. The molecule has 3 fully saturated rings. The number of fused-ring (bicyclic) bond motifs is 1. The van der Waals surface area contributed by atoms with Gasteiger partial charge in [-0.2, -0.15) is 0 Å². The lowest BCUT2D eigenvalue weighted by molar-refractivity contribution is 0.176. The summed E-state index contributed by atoms with van der Waals surface area (Å²) in [7, 11) is 0. The van der Waals surface area contributed by atoms with Crippen LogP contribution in [-0.4, -0.2) is 40.5 Å². The zero-order valence-electron chi connectivity index (χ0n) is 20.8. The van der Waals surface area contributed by atoms with Gasteiger partial charge in [-0.05, 0) is 70.6 Å². The molecule has 0 aromatic rings. The summed E-state index contributed by atoms with van der Waals surface area (Å²) in [6.45, 7) is 30.8. The van der Waals surface area contributed by atoms with Crippen molar-refractivity contribution in [2.24, 2.45) is 23.2 Å². The molecule has 0 aromatic heterocycles. The summed E-state index contributed by atoms with van der Waals surface area (Å²) in [6.07, 6.45) is 6.62. The SMILES string of the molecule is C=C(C)C1C2C(CN1C(=C)C(NC(=C)N(C(C)C)C(C)C)C1CCCCC1)C2(C)C. The van der Waals surface area contributed by atoms with Crippen LogP contribution in [0.2, 0.25) is 0 Å².